The van der Waals surface area contributed by atoms with Crippen molar-refractivity contribution >= 4 is 32.4 Å². The van der Waals surface area contributed by atoms with Crippen LogP contribution in [0.5, 0.6) is 0 Å². The highest BCUT2D eigenvalue weighted by Gasteiger charge is 2.08. The second-order valence-corrected chi connectivity index (χ2v) is 6.37. The summed E-state index contributed by atoms with van der Waals surface area (Å²) in [5.74, 6) is 0.367. The molecule has 0 amide bonds. The summed E-state index contributed by atoms with van der Waals surface area (Å²) in [6.07, 6.45) is 1.57. The largest absolute Gasteiger partial charge is 0.398 e. The van der Waals surface area contributed by atoms with Gasteiger partial charge in [-0.2, -0.15) is 0 Å². The minimum absolute atomic E-state index is 0.140. The maximum absolute atomic E-state index is 12.2. The molecule has 0 saturated carbocycles. The monoisotopic (exact) mass is 340 g/mol. The highest BCUT2D eigenvalue weighted by atomic mass is 79.9. The maximum atomic E-state index is 12.2. The van der Waals surface area contributed by atoms with Gasteiger partial charge >= 0.3 is 0 Å². The van der Waals surface area contributed by atoms with Gasteiger partial charge < -0.3 is 10.3 Å². The molecule has 0 aliphatic carbocycles. The molecule has 2 rings (SSSR count). The van der Waals surface area contributed by atoms with Crippen molar-refractivity contribution in [1.82, 2.24) is 4.57 Å². The molecule has 0 aliphatic heterocycles. The standard InChI is InChI=1S/C13H13BrN2O2S/c14-11-3-1-2-4-12(11)19(18)8-7-16-9-10(15)5-6-13(16)17/h1-6,9H,7-8,15H2. The Morgan fingerprint density at radius 1 is 1.21 bits per heavy atom. The predicted molar refractivity (Wildman–Crippen MR) is 80.5 cm³/mol. The minimum atomic E-state index is -1.16. The Bertz CT molecular complexity index is 670. The fraction of sp³-hybridized carbons (Fsp3) is 0.154. The lowest BCUT2D eigenvalue weighted by molar-refractivity contribution is 0.669. The van der Waals surface area contributed by atoms with Crippen LogP contribution >= 0.6 is 15.9 Å². The molecule has 0 saturated heterocycles. The van der Waals surface area contributed by atoms with Crippen LogP contribution in [-0.4, -0.2) is 14.5 Å². The molecule has 2 aromatic rings. The quantitative estimate of drug-likeness (QED) is 0.925. The molecular formula is C13H13BrN2O2S. The number of aryl methyl sites for hydroxylation is 1. The van der Waals surface area contributed by atoms with Gasteiger partial charge in [-0.1, -0.05) is 12.1 Å². The Morgan fingerprint density at radius 3 is 2.68 bits per heavy atom. The summed E-state index contributed by atoms with van der Waals surface area (Å²) in [4.78, 5) is 12.3. The minimum Gasteiger partial charge on any atom is -0.398 e. The molecule has 0 radical (unpaired) electrons. The zero-order valence-corrected chi connectivity index (χ0v) is 12.5. The normalized spacial score (nSPS) is 12.3. The van der Waals surface area contributed by atoms with E-state index in [-0.39, 0.29) is 5.56 Å². The van der Waals surface area contributed by atoms with Gasteiger partial charge in [0.05, 0.1) is 15.7 Å². The van der Waals surface area contributed by atoms with Gasteiger partial charge in [0, 0.05) is 34.7 Å². The van der Waals surface area contributed by atoms with Crippen LogP contribution in [0.25, 0.3) is 0 Å². The SMILES string of the molecule is Nc1ccc(=O)n(CCS(=O)c2ccccc2Br)c1. The van der Waals surface area contributed by atoms with Crippen molar-refractivity contribution in [3.8, 4) is 0 Å². The van der Waals surface area contributed by atoms with E-state index in [0.717, 1.165) is 9.37 Å². The van der Waals surface area contributed by atoms with Gasteiger partial charge in [-0.05, 0) is 34.1 Å². The number of rotatable bonds is 4. The van der Waals surface area contributed by atoms with E-state index in [0.29, 0.717) is 18.0 Å². The van der Waals surface area contributed by atoms with Gasteiger partial charge in [-0.3, -0.25) is 9.00 Å². The lowest BCUT2D eigenvalue weighted by Gasteiger charge is -2.07. The van der Waals surface area contributed by atoms with Crippen LogP contribution in [0.4, 0.5) is 5.69 Å². The lowest BCUT2D eigenvalue weighted by atomic mass is 10.4. The first-order valence-corrected chi connectivity index (χ1v) is 7.78. The van der Waals surface area contributed by atoms with Crippen molar-refractivity contribution in [3.63, 3.8) is 0 Å². The number of benzene rings is 1. The molecule has 100 valence electrons. The number of nitrogen functional groups attached to an aromatic ring is 1. The molecule has 2 N–H and O–H groups in total. The Labute approximate surface area is 121 Å². The van der Waals surface area contributed by atoms with Crippen molar-refractivity contribution in [2.75, 3.05) is 11.5 Å². The van der Waals surface area contributed by atoms with Crippen molar-refractivity contribution in [2.45, 2.75) is 11.4 Å². The summed E-state index contributed by atoms with van der Waals surface area (Å²) >= 11 is 3.37. The smallest absolute Gasteiger partial charge is 0.250 e. The fourth-order valence-corrected chi connectivity index (χ4v) is 3.57. The van der Waals surface area contributed by atoms with E-state index in [4.69, 9.17) is 5.73 Å². The van der Waals surface area contributed by atoms with Crippen LogP contribution < -0.4 is 11.3 Å². The van der Waals surface area contributed by atoms with E-state index in [9.17, 15) is 9.00 Å². The van der Waals surface area contributed by atoms with E-state index < -0.39 is 10.8 Å². The maximum Gasteiger partial charge on any atom is 0.250 e. The van der Waals surface area contributed by atoms with Gasteiger partial charge in [0.15, 0.2) is 0 Å². The first-order valence-electron chi connectivity index (χ1n) is 5.67. The molecule has 19 heavy (non-hydrogen) atoms. The Kier molecular flexibility index (Phi) is 4.55. The molecule has 0 bridgehead atoms. The third-order valence-corrected chi connectivity index (χ3v) is 4.96. The Morgan fingerprint density at radius 2 is 1.95 bits per heavy atom. The second-order valence-electron chi connectivity index (χ2n) is 3.97. The third-order valence-electron chi connectivity index (χ3n) is 2.61. The molecule has 1 unspecified atom stereocenters. The molecule has 0 spiro atoms. The fourth-order valence-electron chi connectivity index (χ4n) is 1.65. The summed E-state index contributed by atoms with van der Waals surface area (Å²) in [5, 5.41) is 0. The van der Waals surface area contributed by atoms with Crippen molar-refractivity contribution in [1.29, 1.82) is 0 Å². The summed E-state index contributed by atoms with van der Waals surface area (Å²) in [5.41, 5.74) is 6.01. The number of aromatic nitrogens is 1. The van der Waals surface area contributed by atoms with E-state index >= 15 is 0 Å². The predicted octanol–water partition coefficient (Wildman–Crippen LogP) is 2.00. The zero-order chi connectivity index (χ0) is 13.8. The van der Waals surface area contributed by atoms with Gasteiger partial charge in [0.1, 0.15) is 0 Å². The number of nitrogens with zero attached hydrogens (tertiary/aromatic N) is 1. The van der Waals surface area contributed by atoms with E-state index in [1.54, 1.807) is 12.3 Å². The highest BCUT2D eigenvalue weighted by molar-refractivity contribution is 9.10. The van der Waals surface area contributed by atoms with Crippen LogP contribution in [0.2, 0.25) is 0 Å². The summed E-state index contributed by atoms with van der Waals surface area (Å²) in [6.45, 7) is 0.373. The number of pyridine rings is 1. The molecule has 1 heterocycles. The van der Waals surface area contributed by atoms with Crippen molar-refractivity contribution in [2.24, 2.45) is 0 Å². The number of anilines is 1. The molecule has 0 aliphatic rings. The van der Waals surface area contributed by atoms with E-state index in [1.807, 2.05) is 24.3 Å². The van der Waals surface area contributed by atoms with Gasteiger partial charge in [0.2, 0.25) is 0 Å². The highest BCUT2D eigenvalue weighted by Crippen LogP contribution is 2.19. The molecular weight excluding hydrogens is 328 g/mol. The molecule has 1 atom stereocenters. The number of hydrogen-bond acceptors (Lipinski definition) is 3. The first kappa shape index (κ1) is 14.0. The molecule has 4 nitrogen and oxygen atoms in total. The molecule has 1 aromatic carbocycles. The third kappa shape index (κ3) is 3.54. The van der Waals surface area contributed by atoms with Crippen LogP contribution in [0.1, 0.15) is 0 Å². The average molecular weight is 341 g/mol. The first-order chi connectivity index (χ1) is 9.08. The average Bonchev–Trinajstić information content (AvgIpc) is 2.40. The van der Waals surface area contributed by atoms with Crippen LogP contribution in [0, 0.1) is 0 Å². The van der Waals surface area contributed by atoms with Crippen molar-refractivity contribution in [3.05, 3.63) is 57.4 Å². The zero-order valence-electron chi connectivity index (χ0n) is 10.1. The Balaban J connectivity index is 2.11. The topological polar surface area (TPSA) is 65.1 Å². The van der Waals surface area contributed by atoms with Crippen LogP contribution in [0.3, 0.4) is 0 Å². The van der Waals surface area contributed by atoms with Crippen molar-refractivity contribution < 1.29 is 4.21 Å². The molecule has 1 aromatic heterocycles. The van der Waals surface area contributed by atoms with Crippen LogP contribution in [0.15, 0.2) is 56.8 Å². The Hall–Kier alpha value is -1.40. The number of nitrogens with two attached hydrogens (primary N) is 1. The number of hydrogen-bond donors (Lipinski definition) is 1. The van der Waals surface area contributed by atoms with E-state index in [1.165, 1.54) is 10.6 Å². The van der Waals surface area contributed by atoms with Crippen LogP contribution in [-0.2, 0) is 17.3 Å². The lowest BCUT2D eigenvalue weighted by Crippen LogP contribution is -2.21. The summed E-state index contributed by atoms with van der Waals surface area (Å²) < 4.78 is 14.5. The van der Waals surface area contributed by atoms with Gasteiger partial charge in [0.25, 0.3) is 5.56 Å². The summed E-state index contributed by atoms with van der Waals surface area (Å²) in [6, 6.07) is 10.3. The second kappa shape index (κ2) is 6.16. The summed E-state index contributed by atoms with van der Waals surface area (Å²) in [7, 11) is -1.16. The van der Waals surface area contributed by atoms with Gasteiger partial charge in [-0.25, -0.2) is 0 Å². The number of halogens is 1. The molecule has 6 heteroatoms. The van der Waals surface area contributed by atoms with E-state index in [2.05, 4.69) is 15.9 Å². The molecule has 0 fully saturated rings. The van der Waals surface area contributed by atoms with Gasteiger partial charge in [-0.15, -0.1) is 0 Å².